The van der Waals surface area contributed by atoms with Crippen LogP contribution in [0.15, 0.2) is 24.3 Å². The molecule has 2 aromatic rings. The van der Waals surface area contributed by atoms with E-state index in [0.29, 0.717) is 6.42 Å². The van der Waals surface area contributed by atoms with Gasteiger partial charge in [-0.25, -0.2) is 26.3 Å². The molecular formula is C23H24F11P. The van der Waals surface area contributed by atoms with Crippen LogP contribution in [-0.2, 0) is 0 Å². The van der Waals surface area contributed by atoms with Crippen molar-refractivity contribution in [3.8, 4) is 11.1 Å². The molecule has 1 atom stereocenters. The fraction of sp³-hybridized carbons (Fsp3) is 0.478. The summed E-state index contributed by atoms with van der Waals surface area (Å²) in [4.78, 5) is 0. The van der Waals surface area contributed by atoms with Crippen molar-refractivity contribution < 1.29 is 48.3 Å². The van der Waals surface area contributed by atoms with Gasteiger partial charge in [-0.1, -0.05) is 63.6 Å². The summed E-state index contributed by atoms with van der Waals surface area (Å²) < 4.78 is 139. The summed E-state index contributed by atoms with van der Waals surface area (Å²) in [7, 11) is -1.34. The SMILES string of the molecule is CCCCCCCCCPC(F)(F)C(F)(F)F.Fc1ccccc1-c1c(F)c(F)c(F)c(F)c1F. The maximum Gasteiger partial charge on any atom is 0.457 e. The zero-order valence-electron chi connectivity index (χ0n) is 18.6. The van der Waals surface area contributed by atoms with Crippen LogP contribution in [0.5, 0.6) is 0 Å². The van der Waals surface area contributed by atoms with Crippen LogP contribution in [0, 0.1) is 34.9 Å². The van der Waals surface area contributed by atoms with E-state index < -0.39 is 66.5 Å². The second-order valence-electron chi connectivity index (χ2n) is 7.55. The predicted molar refractivity (Wildman–Crippen MR) is 114 cm³/mol. The summed E-state index contributed by atoms with van der Waals surface area (Å²) in [5.74, 6) is -11.7. The normalized spacial score (nSPS) is 12.2. The first kappa shape index (κ1) is 31.1. The van der Waals surface area contributed by atoms with Gasteiger partial charge in [0.2, 0.25) is 5.82 Å². The van der Waals surface area contributed by atoms with Crippen molar-refractivity contribution in [3.63, 3.8) is 0 Å². The number of rotatable bonds is 10. The molecule has 0 bridgehead atoms. The summed E-state index contributed by atoms with van der Waals surface area (Å²) in [5, 5.41) is 0. The lowest BCUT2D eigenvalue weighted by Crippen LogP contribution is -2.31. The van der Waals surface area contributed by atoms with Crippen LogP contribution in [0.25, 0.3) is 11.1 Å². The van der Waals surface area contributed by atoms with Crippen molar-refractivity contribution >= 4 is 8.58 Å². The number of halogens is 11. The van der Waals surface area contributed by atoms with Crippen molar-refractivity contribution in [1.29, 1.82) is 0 Å². The lowest BCUT2D eigenvalue weighted by molar-refractivity contribution is -0.239. The summed E-state index contributed by atoms with van der Waals surface area (Å²) in [6.07, 6.45) is 1.22. The molecule has 35 heavy (non-hydrogen) atoms. The number of alkyl halides is 5. The topological polar surface area (TPSA) is 0 Å². The number of benzene rings is 2. The van der Waals surface area contributed by atoms with E-state index in [0.717, 1.165) is 50.7 Å². The second-order valence-corrected chi connectivity index (χ2v) is 9.03. The Balaban J connectivity index is 0.000000351. The number of unbranched alkanes of at least 4 members (excludes halogenated alkanes) is 6. The van der Waals surface area contributed by atoms with E-state index in [2.05, 4.69) is 6.92 Å². The van der Waals surface area contributed by atoms with Crippen LogP contribution in [0.2, 0.25) is 0 Å². The van der Waals surface area contributed by atoms with Gasteiger partial charge >= 0.3 is 11.8 Å². The Morgan fingerprint density at radius 3 is 1.57 bits per heavy atom. The maximum atomic E-state index is 13.4. The Morgan fingerprint density at radius 2 is 1.09 bits per heavy atom. The first-order chi connectivity index (χ1) is 16.3. The lowest BCUT2D eigenvalue weighted by atomic mass is 10.0. The van der Waals surface area contributed by atoms with E-state index >= 15 is 0 Å². The molecule has 0 saturated heterocycles. The molecule has 1 unspecified atom stereocenters. The second kappa shape index (κ2) is 14.0. The molecule has 12 heteroatoms. The monoisotopic (exact) mass is 540 g/mol. The third-order valence-corrected chi connectivity index (χ3v) is 6.17. The summed E-state index contributed by atoms with van der Waals surface area (Å²) in [6, 6.07) is 4.22. The number of hydrogen-bond acceptors (Lipinski definition) is 0. The zero-order valence-corrected chi connectivity index (χ0v) is 19.6. The highest BCUT2D eigenvalue weighted by atomic mass is 31.1. The van der Waals surface area contributed by atoms with Crippen molar-refractivity contribution in [2.45, 2.75) is 63.7 Å². The zero-order chi connectivity index (χ0) is 26.8. The largest absolute Gasteiger partial charge is 0.457 e. The summed E-state index contributed by atoms with van der Waals surface area (Å²) in [6.45, 7) is 2.10. The third kappa shape index (κ3) is 8.92. The molecule has 0 amide bonds. The van der Waals surface area contributed by atoms with Gasteiger partial charge in [0.25, 0.3) is 0 Å². The van der Waals surface area contributed by atoms with Crippen LogP contribution in [0.4, 0.5) is 48.3 Å². The van der Waals surface area contributed by atoms with Crippen LogP contribution in [-0.4, -0.2) is 18.0 Å². The fourth-order valence-electron chi connectivity index (χ4n) is 2.93. The lowest BCUT2D eigenvalue weighted by Gasteiger charge is -2.19. The van der Waals surface area contributed by atoms with Crippen LogP contribution in [0.1, 0.15) is 51.9 Å². The van der Waals surface area contributed by atoms with E-state index in [1.807, 2.05) is 0 Å². The van der Waals surface area contributed by atoms with Crippen molar-refractivity contribution in [2.75, 3.05) is 6.16 Å². The minimum Gasteiger partial charge on any atom is -0.206 e. The fourth-order valence-corrected chi connectivity index (χ4v) is 3.87. The smallest absolute Gasteiger partial charge is 0.206 e. The summed E-state index contributed by atoms with van der Waals surface area (Å²) >= 11 is 0. The Kier molecular flexibility index (Phi) is 12.4. The van der Waals surface area contributed by atoms with Crippen LogP contribution >= 0.6 is 8.58 Å². The average molecular weight is 540 g/mol. The highest BCUT2D eigenvalue weighted by molar-refractivity contribution is 7.39. The minimum absolute atomic E-state index is 0.0275. The Bertz CT molecular complexity index is 913. The standard InChI is InChI=1S/C12H4F6.C11H20F5P/c13-6-4-2-1-3-5(6)7-8(14)10(16)12(18)11(17)9(7)15;1-2-3-4-5-6-7-8-9-17-11(15,16)10(12,13)14/h1-4H;17H,2-9H2,1H3. The quantitative estimate of drug-likeness (QED) is 0.0926. The molecule has 198 valence electrons. The van der Waals surface area contributed by atoms with Crippen molar-refractivity contribution in [2.24, 2.45) is 0 Å². The molecule has 2 aromatic carbocycles. The van der Waals surface area contributed by atoms with Crippen LogP contribution in [0.3, 0.4) is 0 Å². The Labute approximate surface area is 197 Å². The Morgan fingerprint density at radius 1 is 0.629 bits per heavy atom. The molecule has 0 radical (unpaired) electrons. The molecule has 0 aliphatic carbocycles. The first-order valence-corrected chi connectivity index (χ1v) is 11.9. The molecule has 0 aliphatic rings. The molecular weight excluding hydrogens is 516 g/mol. The van der Waals surface area contributed by atoms with Gasteiger partial charge in [0.05, 0.1) is 5.56 Å². The molecule has 0 heterocycles. The van der Waals surface area contributed by atoms with Gasteiger partial charge in [0.15, 0.2) is 23.3 Å². The van der Waals surface area contributed by atoms with E-state index in [4.69, 9.17) is 0 Å². The van der Waals surface area contributed by atoms with Gasteiger partial charge in [-0.2, -0.15) is 22.0 Å². The van der Waals surface area contributed by atoms with Gasteiger partial charge in [-0.15, -0.1) is 0 Å². The molecule has 0 aliphatic heterocycles. The van der Waals surface area contributed by atoms with Gasteiger partial charge in [0.1, 0.15) is 5.82 Å². The van der Waals surface area contributed by atoms with E-state index in [1.165, 1.54) is 12.1 Å². The average Bonchev–Trinajstić information content (AvgIpc) is 2.79. The van der Waals surface area contributed by atoms with E-state index in [1.54, 1.807) is 0 Å². The number of hydrogen-bond donors (Lipinski definition) is 0. The highest BCUT2D eigenvalue weighted by Gasteiger charge is 2.56. The molecule has 0 saturated carbocycles. The third-order valence-electron chi connectivity index (χ3n) is 4.84. The predicted octanol–water partition coefficient (Wildman–Crippen LogP) is 9.76. The highest BCUT2D eigenvalue weighted by Crippen LogP contribution is 2.48. The molecule has 0 spiro atoms. The molecule has 0 N–H and O–H groups in total. The van der Waals surface area contributed by atoms with Crippen molar-refractivity contribution in [3.05, 3.63) is 59.2 Å². The molecule has 0 nitrogen and oxygen atoms in total. The van der Waals surface area contributed by atoms with Crippen molar-refractivity contribution in [1.82, 2.24) is 0 Å². The van der Waals surface area contributed by atoms with E-state index in [9.17, 15) is 48.3 Å². The summed E-state index contributed by atoms with van der Waals surface area (Å²) in [5.41, 5.74) is -6.45. The van der Waals surface area contributed by atoms with Gasteiger partial charge in [-0.3, -0.25) is 0 Å². The van der Waals surface area contributed by atoms with Crippen LogP contribution < -0.4 is 0 Å². The van der Waals surface area contributed by atoms with E-state index in [-0.39, 0.29) is 6.16 Å². The molecule has 0 fully saturated rings. The van der Waals surface area contributed by atoms with Gasteiger partial charge in [-0.05, 0) is 27.2 Å². The van der Waals surface area contributed by atoms with Gasteiger partial charge in [0, 0.05) is 5.56 Å². The molecule has 0 aromatic heterocycles. The molecule has 2 rings (SSSR count). The maximum absolute atomic E-state index is 13.4. The van der Waals surface area contributed by atoms with Gasteiger partial charge < -0.3 is 0 Å². The Hall–Kier alpha value is -1.90. The minimum atomic E-state index is -5.38. The first-order valence-electron chi connectivity index (χ1n) is 10.7.